The van der Waals surface area contributed by atoms with Crippen molar-refractivity contribution in [2.24, 2.45) is 11.7 Å². The Morgan fingerprint density at radius 2 is 1.90 bits per heavy atom. The standard InChI is InChI=1S/C15H19F3N2O/c16-15(17,18)12-8-4-3-7-11(12)14(21)20-13(9-19)10-5-1-2-6-10/h3-4,7-8,10,13H,1-2,5-6,9,19H2,(H,20,21). The van der Waals surface area contributed by atoms with Gasteiger partial charge in [0.25, 0.3) is 5.91 Å². The minimum absolute atomic E-state index is 0.241. The molecule has 21 heavy (non-hydrogen) atoms. The number of carbonyl (C=O) groups is 1. The first-order valence-electron chi connectivity index (χ1n) is 7.10. The van der Waals surface area contributed by atoms with E-state index in [2.05, 4.69) is 5.32 Å². The van der Waals surface area contributed by atoms with Gasteiger partial charge in [0, 0.05) is 12.6 Å². The Hall–Kier alpha value is -1.56. The molecule has 1 atom stereocenters. The van der Waals surface area contributed by atoms with Gasteiger partial charge in [-0.25, -0.2) is 0 Å². The molecule has 0 bridgehead atoms. The number of nitrogens with one attached hydrogen (secondary N) is 1. The smallest absolute Gasteiger partial charge is 0.348 e. The van der Waals surface area contributed by atoms with Gasteiger partial charge in [0.15, 0.2) is 0 Å². The zero-order valence-corrected chi connectivity index (χ0v) is 11.6. The summed E-state index contributed by atoms with van der Waals surface area (Å²) in [5.41, 5.74) is 4.41. The topological polar surface area (TPSA) is 55.1 Å². The summed E-state index contributed by atoms with van der Waals surface area (Å²) in [4.78, 5) is 12.2. The number of nitrogens with two attached hydrogens (primary N) is 1. The molecule has 0 saturated heterocycles. The van der Waals surface area contributed by atoms with Gasteiger partial charge in [-0.2, -0.15) is 13.2 Å². The second kappa shape index (κ2) is 6.47. The molecule has 1 aromatic carbocycles. The fourth-order valence-corrected chi connectivity index (χ4v) is 2.90. The highest BCUT2D eigenvalue weighted by Crippen LogP contribution is 2.32. The summed E-state index contributed by atoms with van der Waals surface area (Å²) < 4.78 is 38.8. The summed E-state index contributed by atoms with van der Waals surface area (Å²) in [6.45, 7) is 0.241. The van der Waals surface area contributed by atoms with E-state index >= 15 is 0 Å². The van der Waals surface area contributed by atoms with E-state index < -0.39 is 17.6 Å². The number of alkyl halides is 3. The molecule has 1 amide bonds. The number of halogens is 3. The number of benzene rings is 1. The lowest BCUT2D eigenvalue weighted by atomic mass is 9.97. The van der Waals surface area contributed by atoms with Gasteiger partial charge >= 0.3 is 6.18 Å². The van der Waals surface area contributed by atoms with Crippen LogP contribution in [-0.2, 0) is 6.18 Å². The molecule has 1 aliphatic carbocycles. The monoisotopic (exact) mass is 300 g/mol. The Bertz CT molecular complexity index is 496. The van der Waals surface area contributed by atoms with Crippen LogP contribution in [0.5, 0.6) is 0 Å². The summed E-state index contributed by atoms with van der Waals surface area (Å²) in [5.74, 6) is -0.442. The van der Waals surface area contributed by atoms with Crippen LogP contribution < -0.4 is 11.1 Å². The number of rotatable bonds is 4. The van der Waals surface area contributed by atoms with Gasteiger partial charge < -0.3 is 11.1 Å². The zero-order valence-electron chi connectivity index (χ0n) is 11.6. The van der Waals surface area contributed by atoms with Crippen LogP contribution in [0.3, 0.4) is 0 Å². The molecule has 0 spiro atoms. The van der Waals surface area contributed by atoms with Gasteiger partial charge in [-0.3, -0.25) is 4.79 Å². The molecule has 116 valence electrons. The Balaban J connectivity index is 2.16. The van der Waals surface area contributed by atoms with E-state index in [0.717, 1.165) is 31.7 Å². The highest BCUT2D eigenvalue weighted by Gasteiger charge is 2.35. The molecule has 0 aliphatic heterocycles. The maximum absolute atomic E-state index is 12.9. The van der Waals surface area contributed by atoms with Crippen molar-refractivity contribution in [3.8, 4) is 0 Å². The lowest BCUT2D eigenvalue weighted by Crippen LogP contribution is -2.45. The van der Waals surface area contributed by atoms with Gasteiger partial charge in [0.1, 0.15) is 0 Å². The van der Waals surface area contributed by atoms with Crippen LogP contribution in [0.2, 0.25) is 0 Å². The van der Waals surface area contributed by atoms with Crippen molar-refractivity contribution in [1.29, 1.82) is 0 Å². The number of carbonyl (C=O) groups excluding carboxylic acids is 1. The number of hydrogen-bond acceptors (Lipinski definition) is 2. The van der Waals surface area contributed by atoms with Crippen molar-refractivity contribution in [1.82, 2.24) is 5.32 Å². The molecule has 1 aliphatic rings. The first-order chi connectivity index (χ1) is 9.93. The molecular weight excluding hydrogens is 281 g/mol. The molecule has 1 aromatic rings. The van der Waals surface area contributed by atoms with Crippen LogP contribution in [0.25, 0.3) is 0 Å². The number of hydrogen-bond donors (Lipinski definition) is 2. The second-order valence-electron chi connectivity index (χ2n) is 5.40. The van der Waals surface area contributed by atoms with Crippen molar-refractivity contribution in [3.05, 3.63) is 35.4 Å². The average molecular weight is 300 g/mol. The molecule has 1 unspecified atom stereocenters. The molecule has 6 heteroatoms. The third-order valence-electron chi connectivity index (χ3n) is 4.02. The van der Waals surface area contributed by atoms with Crippen LogP contribution in [-0.4, -0.2) is 18.5 Å². The van der Waals surface area contributed by atoms with Crippen LogP contribution >= 0.6 is 0 Å². The highest BCUT2D eigenvalue weighted by atomic mass is 19.4. The zero-order chi connectivity index (χ0) is 15.5. The van der Waals surface area contributed by atoms with Gasteiger partial charge in [-0.1, -0.05) is 25.0 Å². The Kier molecular flexibility index (Phi) is 4.88. The van der Waals surface area contributed by atoms with E-state index in [9.17, 15) is 18.0 Å². The Morgan fingerprint density at radius 3 is 2.48 bits per heavy atom. The lowest BCUT2D eigenvalue weighted by Gasteiger charge is -2.24. The fraction of sp³-hybridized carbons (Fsp3) is 0.533. The van der Waals surface area contributed by atoms with Gasteiger partial charge in [0.05, 0.1) is 11.1 Å². The molecular formula is C15H19F3N2O. The summed E-state index contributed by atoms with van der Waals surface area (Å²) in [6.07, 6.45) is -0.460. The highest BCUT2D eigenvalue weighted by molar-refractivity contribution is 5.96. The number of amides is 1. The molecule has 1 fully saturated rings. The first kappa shape index (κ1) is 15.8. The molecule has 1 saturated carbocycles. The van der Waals surface area contributed by atoms with Crippen molar-refractivity contribution < 1.29 is 18.0 Å². The molecule has 0 heterocycles. The van der Waals surface area contributed by atoms with Crippen LogP contribution in [0, 0.1) is 5.92 Å². The quantitative estimate of drug-likeness (QED) is 0.898. The lowest BCUT2D eigenvalue weighted by molar-refractivity contribution is -0.137. The maximum Gasteiger partial charge on any atom is 0.417 e. The van der Waals surface area contributed by atoms with E-state index in [1.54, 1.807) is 0 Å². The second-order valence-corrected chi connectivity index (χ2v) is 5.40. The minimum Gasteiger partial charge on any atom is -0.348 e. The van der Waals surface area contributed by atoms with Crippen LogP contribution in [0.15, 0.2) is 24.3 Å². The summed E-state index contributed by atoms with van der Waals surface area (Å²) in [5, 5.41) is 2.67. The average Bonchev–Trinajstić information content (AvgIpc) is 2.97. The van der Waals surface area contributed by atoms with E-state index in [4.69, 9.17) is 5.73 Å². The first-order valence-corrected chi connectivity index (χ1v) is 7.10. The summed E-state index contributed by atoms with van der Waals surface area (Å²) in [7, 11) is 0. The summed E-state index contributed by atoms with van der Waals surface area (Å²) in [6, 6.07) is 4.55. The van der Waals surface area contributed by atoms with Crippen LogP contribution in [0.4, 0.5) is 13.2 Å². The Morgan fingerprint density at radius 1 is 1.29 bits per heavy atom. The Labute approximate surface area is 121 Å². The molecule has 3 nitrogen and oxygen atoms in total. The van der Waals surface area contributed by atoms with E-state index in [1.807, 2.05) is 0 Å². The van der Waals surface area contributed by atoms with Crippen molar-refractivity contribution >= 4 is 5.91 Å². The van der Waals surface area contributed by atoms with Crippen molar-refractivity contribution in [2.75, 3.05) is 6.54 Å². The van der Waals surface area contributed by atoms with Gasteiger partial charge in [0.2, 0.25) is 0 Å². The van der Waals surface area contributed by atoms with Crippen molar-refractivity contribution in [2.45, 2.75) is 37.9 Å². The van der Waals surface area contributed by atoms with Gasteiger partial charge in [-0.15, -0.1) is 0 Å². The van der Waals surface area contributed by atoms with Crippen molar-refractivity contribution in [3.63, 3.8) is 0 Å². The molecule has 0 aromatic heterocycles. The fourth-order valence-electron chi connectivity index (χ4n) is 2.90. The van der Waals surface area contributed by atoms with Crippen LogP contribution in [0.1, 0.15) is 41.6 Å². The summed E-state index contributed by atoms with van der Waals surface area (Å²) >= 11 is 0. The normalized spacial score (nSPS) is 17.7. The molecule has 3 N–H and O–H groups in total. The third-order valence-corrected chi connectivity index (χ3v) is 4.02. The van der Waals surface area contributed by atoms with E-state index in [-0.39, 0.29) is 24.1 Å². The minimum atomic E-state index is -4.54. The predicted molar refractivity (Wildman–Crippen MR) is 73.7 cm³/mol. The van der Waals surface area contributed by atoms with Gasteiger partial charge in [-0.05, 0) is 30.9 Å². The molecule has 2 rings (SSSR count). The van der Waals surface area contributed by atoms with E-state index in [0.29, 0.717) is 0 Å². The molecule has 0 radical (unpaired) electrons. The maximum atomic E-state index is 12.9. The largest absolute Gasteiger partial charge is 0.417 e. The SMILES string of the molecule is NCC(NC(=O)c1ccccc1C(F)(F)F)C1CCCC1. The third kappa shape index (κ3) is 3.75. The van der Waals surface area contributed by atoms with E-state index in [1.165, 1.54) is 18.2 Å². The predicted octanol–water partition coefficient (Wildman–Crippen LogP) is 2.95.